The van der Waals surface area contributed by atoms with E-state index in [0.29, 0.717) is 13.2 Å². The van der Waals surface area contributed by atoms with Crippen molar-refractivity contribution in [2.75, 3.05) is 19.8 Å². The number of nitrogens with one attached hydrogen (secondary N) is 1. The molecule has 1 unspecified atom stereocenters. The van der Waals surface area contributed by atoms with Crippen LogP contribution < -0.4 is 14.8 Å². The average Bonchev–Trinajstić information content (AvgIpc) is 2.94. The number of hydrogen-bond donors (Lipinski definition) is 1. The van der Waals surface area contributed by atoms with Crippen molar-refractivity contribution in [3.63, 3.8) is 0 Å². The van der Waals surface area contributed by atoms with Gasteiger partial charge in [0, 0.05) is 10.4 Å². The Morgan fingerprint density at radius 1 is 1.29 bits per heavy atom. The van der Waals surface area contributed by atoms with Crippen LogP contribution >= 0.6 is 22.9 Å². The summed E-state index contributed by atoms with van der Waals surface area (Å²) >= 11 is 8.01. The highest BCUT2D eigenvalue weighted by molar-refractivity contribution is 7.10. The summed E-state index contributed by atoms with van der Waals surface area (Å²) in [5.74, 6) is 1.65. The van der Waals surface area contributed by atoms with Gasteiger partial charge in [0.05, 0.1) is 11.1 Å². The maximum Gasteiger partial charge on any atom is 0.166 e. The van der Waals surface area contributed by atoms with E-state index in [9.17, 15) is 0 Å². The van der Waals surface area contributed by atoms with Gasteiger partial charge in [-0.1, -0.05) is 30.7 Å². The summed E-state index contributed by atoms with van der Waals surface area (Å²) in [5.41, 5.74) is 1.09. The van der Waals surface area contributed by atoms with E-state index >= 15 is 0 Å². The standard InChI is InChI=1S/C16H18ClNO2S/c1-2-7-18-14(16-12(17)6-10-21-16)11-4-3-5-13-15(11)20-9-8-19-13/h3-6,10,14,18H,2,7-9H2,1H3. The van der Waals surface area contributed by atoms with E-state index in [4.69, 9.17) is 21.1 Å². The van der Waals surface area contributed by atoms with Crippen LogP contribution in [0.15, 0.2) is 29.6 Å². The second-order valence-electron chi connectivity index (χ2n) is 4.89. The molecule has 0 saturated heterocycles. The molecule has 1 aromatic carbocycles. The third-order valence-electron chi connectivity index (χ3n) is 3.41. The number of ether oxygens (including phenoxy) is 2. The van der Waals surface area contributed by atoms with Crippen molar-refractivity contribution in [3.8, 4) is 11.5 Å². The Balaban J connectivity index is 2.02. The molecule has 3 nitrogen and oxygen atoms in total. The van der Waals surface area contributed by atoms with E-state index < -0.39 is 0 Å². The number of benzene rings is 1. The molecule has 0 spiro atoms. The summed E-state index contributed by atoms with van der Waals surface area (Å²) in [7, 11) is 0. The smallest absolute Gasteiger partial charge is 0.166 e. The molecular formula is C16H18ClNO2S. The predicted molar refractivity (Wildman–Crippen MR) is 86.9 cm³/mol. The molecule has 5 heteroatoms. The van der Waals surface area contributed by atoms with Crippen molar-refractivity contribution in [2.45, 2.75) is 19.4 Å². The zero-order valence-electron chi connectivity index (χ0n) is 11.9. The fourth-order valence-corrected chi connectivity index (χ4v) is 3.73. The lowest BCUT2D eigenvalue weighted by molar-refractivity contribution is 0.169. The quantitative estimate of drug-likeness (QED) is 0.891. The average molecular weight is 324 g/mol. The van der Waals surface area contributed by atoms with Gasteiger partial charge in [-0.3, -0.25) is 0 Å². The summed E-state index contributed by atoms with van der Waals surface area (Å²) in [6.07, 6.45) is 1.06. The van der Waals surface area contributed by atoms with Crippen LogP contribution in [-0.4, -0.2) is 19.8 Å². The summed E-state index contributed by atoms with van der Waals surface area (Å²) in [6.45, 7) is 4.26. The number of halogens is 1. The Morgan fingerprint density at radius 2 is 2.14 bits per heavy atom. The van der Waals surface area contributed by atoms with Crippen molar-refractivity contribution in [3.05, 3.63) is 45.1 Å². The van der Waals surface area contributed by atoms with Crippen LogP contribution in [0.1, 0.15) is 29.8 Å². The first-order chi connectivity index (χ1) is 10.3. The van der Waals surface area contributed by atoms with Gasteiger partial charge in [-0.15, -0.1) is 11.3 Å². The maximum atomic E-state index is 6.34. The van der Waals surface area contributed by atoms with Crippen LogP contribution in [0.2, 0.25) is 5.02 Å². The molecule has 1 N–H and O–H groups in total. The lowest BCUT2D eigenvalue weighted by atomic mass is 10.0. The molecule has 0 aliphatic carbocycles. The van der Waals surface area contributed by atoms with Gasteiger partial charge in [0.2, 0.25) is 0 Å². The molecule has 1 aliphatic heterocycles. The Kier molecular flexibility index (Phi) is 4.68. The molecule has 0 radical (unpaired) electrons. The molecule has 2 heterocycles. The van der Waals surface area contributed by atoms with E-state index in [-0.39, 0.29) is 6.04 Å². The minimum Gasteiger partial charge on any atom is -0.486 e. The molecule has 0 fully saturated rings. The Morgan fingerprint density at radius 3 is 2.90 bits per heavy atom. The van der Waals surface area contributed by atoms with Gasteiger partial charge in [0.1, 0.15) is 13.2 Å². The monoisotopic (exact) mass is 323 g/mol. The largest absolute Gasteiger partial charge is 0.486 e. The minimum absolute atomic E-state index is 0.0362. The first-order valence-electron chi connectivity index (χ1n) is 7.16. The topological polar surface area (TPSA) is 30.5 Å². The molecular weight excluding hydrogens is 306 g/mol. The number of rotatable bonds is 5. The molecule has 1 atom stereocenters. The van der Waals surface area contributed by atoms with E-state index in [0.717, 1.165) is 39.9 Å². The van der Waals surface area contributed by atoms with Crippen molar-refractivity contribution < 1.29 is 9.47 Å². The number of thiophene rings is 1. The second kappa shape index (κ2) is 6.69. The predicted octanol–water partition coefficient (Wildman–Crippen LogP) is 4.26. The van der Waals surface area contributed by atoms with E-state index in [1.54, 1.807) is 11.3 Å². The Hall–Kier alpha value is -1.23. The highest BCUT2D eigenvalue weighted by Crippen LogP contribution is 2.42. The third kappa shape index (κ3) is 3.03. The first-order valence-corrected chi connectivity index (χ1v) is 8.41. The number of para-hydroxylation sites is 1. The summed E-state index contributed by atoms with van der Waals surface area (Å²) in [6, 6.07) is 8.01. The molecule has 0 amide bonds. The van der Waals surface area contributed by atoms with Crippen molar-refractivity contribution in [2.24, 2.45) is 0 Å². The Bertz CT molecular complexity index is 614. The molecule has 3 rings (SSSR count). The highest BCUT2D eigenvalue weighted by Gasteiger charge is 2.25. The summed E-state index contributed by atoms with van der Waals surface area (Å²) in [4.78, 5) is 1.12. The molecule has 0 saturated carbocycles. The first kappa shape index (κ1) is 14.7. The van der Waals surface area contributed by atoms with Crippen molar-refractivity contribution >= 4 is 22.9 Å². The van der Waals surface area contributed by atoms with Crippen LogP contribution in [0.4, 0.5) is 0 Å². The van der Waals surface area contributed by atoms with E-state index in [1.165, 1.54) is 0 Å². The number of fused-ring (bicyclic) bond motifs is 1. The molecule has 112 valence electrons. The summed E-state index contributed by atoms with van der Waals surface area (Å²) in [5, 5.41) is 6.38. The summed E-state index contributed by atoms with van der Waals surface area (Å²) < 4.78 is 11.5. The van der Waals surface area contributed by atoms with Gasteiger partial charge in [-0.2, -0.15) is 0 Å². The van der Waals surface area contributed by atoms with Crippen molar-refractivity contribution in [1.29, 1.82) is 0 Å². The maximum absolute atomic E-state index is 6.34. The third-order valence-corrected chi connectivity index (χ3v) is 4.84. The van der Waals surface area contributed by atoms with E-state index in [2.05, 4.69) is 18.3 Å². The fourth-order valence-electron chi connectivity index (χ4n) is 2.47. The van der Waals surface area contributed by atoms with Gasteiger partial charge in [-0.25, -0.2) is 0 Å². The van der Waals surface area contributed by atoms with Gasteiger partial charge < -0.3 is 14.8 Å². The molecule has 1 aliphatic rings. The van der Waals surface area contributed by atoms with E-state index in [1.807, 2.05) is 23.6 Å². The van der Waals surface area contributed by atoms with Gasteiger partial charge in [0.25, 0.3) is 0 Å². The second-order valence-corrected chi connectivity index (χ2v) is 6.25. The normalized spacial score (nSPS) is 15.0. The van der Waals surface area contributed by atoms with Gasteiger partial charge in [0.15, 0.2) is 11.5 Å². The molecule has 0 bridgehead atoms. The van der Waals surface area contributed by atoms with Crippen LogP contribution in [0.3, 0.4) is 0 Å². The molecule has 1 aromatic heterocycles. The van der Waals surface area contributed by atoms with Crippen LogP contribution in [0.25, 0.3) is 0 Å². The lowest BCUT2D eigenvalue weighted by Crippen LogP contribution is -2.25. The zero-order chi connectivity index (χ0) is 14.7. The lowest BCUT2D eigenvalue weighted by Gasteiger charge is -2.25. The SMILES string of the molecule is CCCNC(c1cccc2c1OCCO2)c1sccc1Cl. The number of hydrogen-bond acceptors (Lipinski definition) is 4. The van der Waals surface area contributed by atoms with Crippen LogP contribution in [0.5, 0.6) is 11.5 Å². The minimum atomic E-state index is 0.0362. The Labute approximate surface area is 133 Å². The van der Waals surface area contributed by atoms with Crippen LogP contribution in [0, 0.1) is 0 Å². The van der Waals surface area contributed by atoms with Crippen LogP contribution in [-0.2, 0) is 0 Å². The van der Waals surface area contributed by atoms with Gasteiger partial charge >= 0.3 is 0 Å². The zero-order valence-corrected chi connectivity index (χ0v) is 13.5. The highest BCUT2D eigenvalue weighted by atomic mass is 35.5. The van der Waals surface area contributed by atoms with Crippen molar-refractivity contribution in [1.82, 2.24) is 5.32 Å². The molecule has 21 heavy (non-hydrogen) atoms. The fraction of sp³-hybridized carbons (Fsp3) is 0.375. The molecule has 2 aromatic rings. The van der Waals surface area contributed by atoms with Gasteiger partial charge in [-0.05, 0) is 30.5 Å².